The summed E-state index contributed by atoms with van der Waals surface area (Å²) in [5.74, 6) is -6.02. The predicted octanol–water partition coefficient (Wildman–Crippen LogP) is 4.02. The molecule has 0 aliphatic carbocycles. The van der Waals surface area contributed by atoms with Gasteiger partial charge in [-0.05, 0) is 18.8 Å². The zero-order chi connectivity index (χ0) is 12.3. The summed E-state index contributed by atoms with van der Waals surface area (Å²) < 4.78 is 51.4. The molecule has 0 aliphatic rings. The average Bonchev–Trinajstić information content (AvgIpc) is 2.28. The van der Waals surface area contributed by atoms with Crippen molar-refractivity contribution in [2.45, 2.75) is 33.1 Å². The largest absolute Gasteiger partial charge is 0.203 e. The Hall–Kier alpha value is -1.06. The molecule has 0 aliphatic heterocycles. The molecular weight excluding hydrogens is 220 g/mol. The molecule has 4 heteroatoms. The fourth-order valence-corrected chi connectivity index (χ4v) is 1.33. The number of aryl methyl sites for hydroxylation is 1. The van der Waals surface area contributed by atoms with Gasteiger partial charge in [-0.2, -0.15) is 0 Å². The Morgan fingerprint density at radius 3 is 2.25 bits per heavy atom. The highest BCUT2D eigenvalue weighted by Crippen LogP contribution is 2.21. The van der Waals surface area contributed by atoms with Crippen molar-refractivity contribution in [3.05, 3.63) is 34.9 Å². The Morgan fingerprint density at radius 2 is 1.69 bits per heavy atom. The minimum Gasteiger partial charge on any atom is -0.203 e. The topological polar surface area (TPSA) is 0 Å². The molecule has 0 saturated heterocycles. The standard InChI is InChI=1S/C12H13F4/c1-3-7(2)4-5-8-6-9(13)11(15)12(16)10(8)14/h7H,3-5H2,1-2H3. The van der Waals surface area contributed by atoms with Gasteiger partial charge in [-0.1, -0.05) is 20.3 Å². The minimum absolute atomic E-state index is 0.162. The molecule has 0 bridgehead atoms. The molecule has 1 radical (unpaired) electrons. The van der Waals surface area contributed by atoms with Gasteiger partial charge in [0, 0.05) is 11.6 Å². The Bertz CT molecular complexity index is 374. The van der Waals surface area contributed by atoms with Crippen molar-refractivity contribution < 1.29 is 17.6 Å². The highest BCUT2D eigenvalue weighted by molar-refractivity contribution is 5.20. The molecule has 16 heavy (non-hydrogen) atoms. The van der Waals surface area contributed by atoms with E-state index in [0.717, 1.165) is 6.42 Å². The number of hydrogen-bond acceptors (Lipinski definition) is 0. The first kappa shape index (κ1) is 13.0. The van der Waals surface area contributed by atoms with E-state index >= 15 is 0 Å². The first-order valence-corrected chi connectivity index (χ1v) is 5.21. The van der Waals surface area contributed by atoms with E-state index in [1.54, 1.807) is 0 Å². The first-order valence-electron chi connectivity index (χ1n) is 5.21. The van der Waals surface area contributed by atoms with E-state index in [9.17, 15) is 17.6 Å². The average molecular weight is 233 g/mol. The Kier molecular flexibility index (Phi) is 4.33. The predicted molar refractivity (Wildman–Crippen MR) is 52.9 cm³/mol. The Labute approximate surface area is 92.3 Å². The van der Waals surface area contributed by atoms with Gasteiger partial charge in [0.1, 0.15) is 0 Å². The molecule has 0 nitrogen and oxygen atoms in total. The van der Waals surface area contributed by atoms with Crippen LogP contribution in [0.4, 0.5) is 17.6 Å². The van der Waals surface area contributed by atoms with Crippen LogP contribution in [0.1, 0.15) is 32.3 Å². The SMILES string of the molecule is CCC(C)CCc1[c]c(F)c(F)c(F)c1F. The lowest BCUT2D eigenvalue weighted by Gasteiger charge is -2.09. The molecule has 0 N–H and O–H groups in total. The van der Waals surface area contributed by atoms with Crippen LogP contribution in [-0.4, -0.2) is 0 Å². The van der Waals surface area contributed by atoms with Crippen LogP contribution in [0, 0.1) is 35.3 Å². The summed E-state index contributed by atoms with van der Waals surface area (Å²) in [7, 11) is 0. The van der Waals surface area contributed by atoms with Gasteiger partial charge in [-0.3, -0.25) is 0 Å². The lowest BCUT2D eigenvalue weighted by molar-refractivity contribution is 0.399. The van der Waals surface area contributed by atoms with E-state index in [1.165, 1.54) is 0 Å². The van der Waals surface area contributed by atoms with Crippen LogP contribution in [0.25, 0.3) is 0 Å². The minimum atomic E-state index is -1.80. The van der Waals surface area contributed by atoms with E-state index in [2.05, 4.69) is 0 Å². The van der Waals surface area contributed by atoms with Crippen molar-refractivity contribution in [2.24, 2.45) is 5.92 Å². The van der Waals surface area contributed by atoms with E-state index in [-0.39, 0.29) is 12.0 Å². The van der Waals surface area contributed by atoms with Gasteiger partial charge in [-0.15, -0.1) is 0 Å². The third-order valence-electron chi connectivity index (χ3n) is 2.69. The second-order valence-electron chi connectivity index (χ2n) is 3.91. The van der Waals surface area contributed by atoms with Crippen molar-refractivity contribution in [3.63, 3.8) is 0 Å². The van der Waals surface area contributed by atoms with Gasteiger partial charge in [0.15, 0.2) is 23.3 Å². The highest BCUT2D eigenvalue weighted by Gasteiger charge is 2.19. The molecule has 1 unspecified atom stereocenters. The van der Waals surface area contributed by atoms with Crippen molar-refractivity contribution in [3.8, 4) is 0 Å². The molecule has 0 fully saturated rings. The van der Waals surface area contributed by atoms with E-state index < -0.39 is 23.3 Å². The summed E-state index contributed by atoms with van der Waals surface area (Å²) in [6.45, 7) is 3.92. The normalized spacial score (nSPS) is 12.9. The fraction of sp³-hybridized carbons (Fsp3) is 0.500. The third-order valence-corrected chi connectivity index (χ3v) is 2.69. The van der Waals surface area contributed by atoms with Gasteiger partial charge in [0.2, 0.25) is 0 Å². The zero-order valence-electron chi connectivity index (χ0n) is 9.21. The second kappa shape index (κ2) is 5.32. The fourth-order valence-electron chi connectivity index (χ4n) is 1.33. The Balaban J connectivity index is 2.89. The van der Waals surface area contributed by atoms with Crippen LogP contribution in [-0.2, 0) is 6.42 Å². The highest BCUT2D eigenvalue weighted by atomic mass is 19.2. The van der Waals surface area contributed by atoms with Crippen LogP contribution in [0.5, 0.6) is 0 Å². The molecule has 0 spiro atoms. The summed E-state index contributed by atoms with van der Waals surface area (Å²) in [6.07, 6.45) is 1.65. The zero-order valence-corrected chi connectivity index (χ0v) is 9.21. The first-order chi connectivity index (χ1) is 7.47. The maximum absolute atomic E-state index is 13.2. The van der Waals surface area contributed by atoms with Crippen molar-refractivity contribution in [2.75, 3.05) is 0 Å². The molecule has 0 heterocycles. The molecule has 0 aromatic heterocycles. The molecule has 1 rings (SSSR count). The second-order valence-corrected chi connectivity index (χ2v) is 3.91. The molecular formula is C12H13F4. The maximum atomic E-state index is 13.2. The molecule has 1 aromatic rings. The lowest BCUT2D eigenvalue weighted by Crippen LogP contribution is -2.04. The third kappa shape index (κ3) is 2.74. The summed E-state index contributed by atoms with van der Waals surface area (Å²) in [5, 5.41) is 0. The van der Waals surface area contributed by atoms with Crippen LogP contribution in [0.2, 0.25) is 0 Å². The van der Waals surface area contributed by atoms with Crippen LogP contribution < -0.4 is 0 Å². The molecule has 1 aromatic carbocycles. The van der Waals surface area contributed by atoms with E-state index in [4.69, 9.17) is 0 Å². The molecule has 89 valence electrons. The van der Waals surface area contributed by atoms with Gasteiger partial charge in [0.25, 0.3) is 0 Å². The van der Waals surface area contributed by atoms with Crippen LogP contribution >= 0.6 is 0 Å². The van der Waals surface area contributed by atoms with E-state index in [1.807, 2.05) is 19.9 Å². The van der Waals surface area contributed by atoms with Gasteiger partial charge in [0.05, 0.1) is 0 Å². The van der Waals surface area contributed by atoms with Crippen LogP contribution in [0.15, 0.2) is 0 Å². The quantitative estimate of drug-likeness (QED) is 0.418. The van der Waals surface area contributed by atoms with Crippen molar-refractivity contribution >= 4 is 0 Å². The number of benzene rings is 1. The number of hydrogen-bond donors (Lipinski definition) is 0. The maximum Gasteiger partial charge on any atom is 0.198 e. The summed E-state index contributed by atoms with van der Waals surface area (Å²) in [6, 6.07) is 1.91. The summed E-state index contributed by atoms with van der Waals surface area (Å²) >= 11 is 0. The van der Waals surface area contributed by atoms with Gasteiger partial charge in [-0.25, -0.2) is 17.6 Å². The van der Waals surface area contributed by atoms with Gasteiger partial charge >= 0.3 is 0 Å². The summed E-state index contributed by atoms with van der Waals surface area (Å²) in [4.78, 5) is 0. The molecule has 1 atom stereocenters. The van der Waals surface area contributed by atoms with Crippen molar-refractivity contribution in [1.29, 1.82) is 0 Å². The number of halogens is 4. The Morgan fingerprint density at radius 1 is 1.06 bits per heavy atom. The number of rotatable bonds is 4. The summed E-state index contributed by atoms with van der Waals surface area (Å²) in [5.41, 5.74) is -0.225. The molecule has 0 saturated carbocycles. The van der Waals surface area contributed by atoms with Crippen molar-refractivity contribution in [1.82, 2.24) is 0 Å². The molecule has 0 amide bonds. The van der Waals surface area contributed by atoms with Crippen LogP contribution in [0.3, 0.4) is 0 Å². The smallest absolute Gasteiger partial charge is 0.198 e. The van der Waals surface area contributed by atoms with E-state index in [0.29, 0.717) is 12.3 Å². The lowest BCUT2D eigenvalue weighted by atomic mass is 9.98. The monoisotopic (exact) mass is 233 g/mol. The van der Waals surface area contributed by atoms with Gasteiger partial charge < -0.3 is 0 Å².